The van der Waals surface area contributed by atoms with Gasteiger partial charge in [-0.15, -0.1) is 0 Å². The summed E-state index contributed by atoms with van der Waals surface area (Å²) < 4.78 is 0. The van der Waals surface area contributed by atoms with Crippen LogP contribution in [0.3, 0.4) is 0 Å². The number of benzene rings is 1. The first kappa shape index (κ1) is 13.8. The van der Waals surface area contributed by atoms with Crippen LogP contribution < -0.4 is 10.6 Å². The van der Waals surface area contributed by atoms with E-state index in [9.17, 15) is 0 Å². The van der Waals surface area contributed by atoms with E-state index in [2.05, 4.69) is 34.8 Å². The molecule has 0 bridgehead atoms. The number of anilines is 2. The topological polar surface area (TPSA) is 78.8 Å². The Morgan fingerprint density at radius 3 is 2.45 bits per heavy atom. The monoisotopic (exact) mass is 267 g/mol. The first-order chi connectivity index (χ1) is 9.61. The molecule has 5 heteroatoms. The van der Waals surface area contributed by atoms with E-state index in [1.54, 1.807) is 6.20 Å². The Morgan fingerprint density at radius 2 is 1.85 bits per heavy atom. The van der Waals surface area contributed by atoms with Crippen LogP contribution in [0.4, 0.5) is 11.5 Å². The summed E-state index contributed by atoms with van der Waals surface area (Å²) in [7, 11) is 0. The third-order valence-electron chi connectivity index (χ3n) is 3.01. The van der Waals surface area contributed by atoms with Gasteiger partial charge in [-0.05, 0) is 31.5 Å². The number of nitriles is 1. The van der Waals surface area contributed by atoms with Crippen molar-refractivity contribution in [1.82, 2.24) is 9.97 Å². The Labute approximate surface area is 118 Å². The fourth-order valence-corrected chi connectivity index (χ4v) is 1.94. The number of hydrogen-bond donors (Lipinski definition) is 1. The van der Waals surface area contributed by atoms with E-state index < -0.39 is 0 Å². The van der Waals surface area contributed by atoms with Crippen LogP contribution in [0.5, 0.6) is 0 Å². The molecule has 0 amide bonds. The molecule has 1 aromatic heterocycles. The van der Waals surface area contributed by atoms with Gasteiger partial charge in [-0.3, -0.25) is 0 Å². The van der Waals surface area contributed by atoms with E-state index in [1.807, 2.05) is 24.3 Å². The number of nitrogen functional groups attached to an aromatic ring is 1. The van der Waals surface area contributed by atoms with Crippen molar-refractivity contribution >= 4 is 11.5 Å². The largest absolute Gasteiger partial charge is 0.399 e. The first-order valence-corrected chi connectivity index (χ1v) is 6.44. The maximum absolute atomic E-state index is 9.16. The summed E-state index contributed by atoms with van der Waals surface area (Å²) in [5.41, 5.74) is 7.89. The number of rotatable bonds is 4. The van der Waals surface area contributed by atoms with Gasteiger partial charge in [-0.25, -0.2) is 9.97 Å². The minimum absolute atomic E-state index is 0.205. The fraction of sp³-hybridized carbons (Fsp3) is 0.267. The zero-order valence-corrected chi connectivity index (χ0v) is 11.6. The van der Waals surface area contributed by atoms with Crippen molar-refractivity contribution < 1.29 is 0 Å². The second-order valence-electron chi connectivity index (χ2n) is 4.80. The lowest BCUT2D eigenvalue weighted by atomic mass is 10.1. The molecule has 1 aromatic carbocycles. The lowest BCUT2D eigenvalue weighted by molar-refractivity contribution is 0.669. The summed E-state index contributed by atoms with van der Waals surface area (Å²) in [6, 6.07) is 10.00. The summed E-state index contributed by atoms with van der Waals surface area (Å²) >= 11 is 0. The molecule has 0 aliphatic rings. The average Bonchev–Trinajstić information content (AvgIpc) is 2.46. The molecule has 0 spiro atoms. The third kappa shape index (κ3) is 3.04. The molecule has 20 heavy (non-hydrogen) atoms. The van der Waals surface area contributed by atoms with Gasteiger partial charge in [0.05, 0.1) is 0 Å². The Bertz CT molecular complexity index is 613. The van der Waals surface area contributed by atoms with Gasteiger partial charge in [0.25, 0.3) is 0 Å². The third-order valence-corrected chi connectivity index (χ3v) is 3.01. The van der Waals surface area contributed by atoms with Crippen LogP contribution >= 0.6 is 0 Å². The highest BCUT2D eigenvalue weighted by atomic mass is 15.2. The number of nitrogens with zero attached hydrogens (tertiary/aromatic N) is 4. The molecular formula is C15H17N5. The van der Waals surface area contributed by atoms with Crippen molar-refractivity contribution in [3.05, 3.63) is 47.9 Å². The Hall–Kier alpha value is -2.61. The number of aromatic nitrogens is 2. The van der Waals surface area contributed by atoms with Crippen molar-refractivity contribution in [2.45, 2.75) is 26.4 Å². The maximum atomic E-state index is 9.16. The van der Waals surface area contributed by atoms with Crippen LogP contribution in [-0.2, 0) is 6.54 Å². The molecule has 0 saturated carbocycles. The fourth-order valence-electron chi connectivity index (χ4n) is 1.94. The molecule has 0 aliphatic carbocycles. The Kier molecular flexibility index (Phi) is 4.16. The van der Waals surface area contributed by atoms with Crippen LogP contribution in [0, 0.1) is 11.3 Å². The van der Waals surface area contributed by atoms with E-state index in [-0.39, 0.29) is 6.04 Å². The first-order valence-electron chi connectivity index (χ1n) is 6.44. The smallest absolute Gasteiger partial charge is 0.183 e. The molecule has 0 unspecified atom stereocenters. The maximum Gasteiger partial charge on any atom is 0.183 e. The van der Waals surface area contributed by atoms with Gasteiger partial charge in [0.2, 0.25) is 0 Å². The zero-order valence-electron chi connectivity index (χ0n) is 11.6. The Balaban J connectivity index is 2.32. The minimum Gasteiger partial charge on any atom is -0.399 e. The van der Waals surface area contributed by atoms with Crippen LogP contribution in [0.25, 0.3) is 0 Å². The van der Waals surface area contributed by atoms with Crippen LogP contribution in [0.2, 0.25) is 0 Å². The molecule has 0 saturated heterocycles. The highest BCUT2D eigenvalue weighted by Gasteiger charge is 2.17. The van der Waals surface area contributed by atoms with Gasteiger partial charge in [0, 0.05) is 30.7 Å². The van der Waals surface area contributed by atoms with E-state index in [0.717, 1.165) is 11.3 Å². The molecule has 2 rings (SSSR count). The van der Waals surface area contributed by atoms with Crippen LogP contribution in [-0.4, -0.2) is 16.0 Å². The van der Waals surface area contributed by atoms with Gasteiger partial charge in [0.15, 0.2) is 11.5 Å². The lowest BCUT2D eigenvalue weighted by Crippen LogP contribution is -2.31. The van der Waals surface area contributed by atoms with Gasteiger partial charge >= 0.3 is 0 Å². The van der Waals surface area contributed by atoms with E-state index >= 15 is 0 Å². The molecule has 0 aliphatic heterocycles. The predicted octanol–water partition coefficient (Wildman–Crippen LogP) is 2.35. The highest BCUT2D eigenvalue weighted by Crippen LogP contribution is 2.20. The van der Waals surface area contributed by atoms with Crippen LogP contribution in [0.15, 0.2) is 36.7 Å². The van der Waals surface area contributed by atoms with Gasteiger partial charge < -0.3 is 10.6 Å². The lowest BCUT2D eigenvalue weighted by Gasteiger charge is -2.28. The second-order valence-corrected chi connectivity index (χ2v) is 4.80. The van der Waals surface area contributed by atoms with Crippen molar-refractivity contribution in [2.75, 3.05) is 10.6 Å². The van der Waals surface area contributed by atoms with E-state index in [1.165, 1.54) is 6.20 Å². The second kappa shape index (κ2) is 6.02. The summed E-state index contributed by atoms with van der Waals surface area (Å²) in [6.07, 6.45) is 3.14. The van der Waals surface area contributed by atoms with Crippen molar-refractivity contribution in [1.29, 1.82) is 5.26 Å². The molecule has 102 valence electrons. The summed E-state index contributed by atoms with van der Waals surface area (Å²) in [4.78, 5) is 10.4. The predicted molar refractivity (Wildman–Crippen MR) is 78.9 cm³/mol. The standard InChI is InChI=1S/C15H17N5/c1-11(2)20(10-12-3-5-13(17)6-4-12)15-14(9-16)18-7-8-19-15/h3-8,11H,10,17H2,1-2H3. The van der Waals surface area contributed by atoms with Crippen molar-refractivity contribution in [3.8, 4) is 6.07 Å². The highest BCUT2D eigenvalue weighted by molar-refractivity contribution is 5.51. The van der Waals surface area contributed by atoms with Crippen molar-refractivity contribution in [3.63, 3.8) is 0 Å². The zero-order chi connectivity index (χ0) is 14.5. The van der Waals surface area contributed by atoms with Gasteiger partial charge in [0.1, 0.15) is 6.07 Å². The molecule has 5 nitrogen and oxygen atoms in total. The molecule has 2 N–H and O–H groups in total. The van der Waals surface area contributed by atoms with Crippen LogP contribution in [0.1, 0.15) is 25.1 Å². The van der Waals surface area contributed by atoms with Gasteiger partial charge in [-0.1, -0.05) is 12.1 Å². The number of nitrogens with two attached hydrogens (primary N) is 1. The molecule has 1 heterocycles. The summed E-state index contributed by atoms with van der Waals surface area (Å²) in [5, 5.41) is 9.16. The van der Waals surface area contributed by atoms with Crippen molar-refractivity contribution in [2.24, 2.45) is 0 Å². The average molecular weight is 267 g/mol. The van der Waals surface area contributed by atoms with E-state index in [0.29, 0.717) is 18.1 Å². The Morgan fingerprint density at radius 1 is 1.20 bits per heavy atom. The molecule has 2 aromatic rings. The normalized spacial score (nSPS) is 10.3. The quantitative estimate of drug-likeness (QED) is 0.860. The van der Waals surface area contributed by atoms with Gasteiger partial charge in [-0.2, -0.15) is 5.26 Å². The molecule has 0 radical (unpaired) electrons. The molecular weight excluding hydrogens is 250 g/mol. The summed E-state index contributed by atoms with van der Waals surface area (Å²) in [6.45, 7) is 4.78. The summed E-state index contributed by atoms with van der Waals surface area (Å²) in [5.74, 6) is 0.613. The SMILES string of the molecule is CC(C)N(Cc1ccc(N)cc1)c1nccnc1C#N. The number of hydrogen-bond acceptors (Lipinski definition) is 5. The van der Waals surface area contributed by atoms with E-state index in [4.69, 9.17) is 11.0 Å². The molecule has 0 atom stereocenters. The minimum atomic E-state index is 0.205. The molecule has 0 fully saturated rings.